The van der Waals surface area contributed by atoms with Crippen LogP contribution in [0.2, 0.25) is 0 Å². The first kappa shape index (κ1) is 18.4. The number of hydrogen-bond acceptors (Lipinski definition) is 6. The molecule has 1 aliphatic rings. The molecule has 0 radical (unpaired) electrons. The second kappa shape index (κ2) is 8.33. The number of rotatable bonds is 6. The van der Waals surface area contributed by atoms with E-state index in [1.165, 1.54) is 0 Å². The SMILES string of the molecule is COc1ccc(C)cc1NC(=O)CN1CCN(Cc2cc(C)on2)CC1. The molecule has 140 valence electrons. The second-order valence-electron chi connectivity index (χ2n) is 6.73. The number of anilines is 1. The fourth-order valence-electron chi connectivity index (χ4n) is 3.14. The van der Waals surface area contributed by atoms with Crippen molar-refractivity contribution in [2.24, 2.45) is 0 Å². The highest BCUT2D eigenvalue weighted by atomic mass is 16.5. The fraction of sp³-hybridized carbons (Fsp3) is 0.474. The van der Waals surface area contributed by atoms with Crippen LogP contribution in [0.1, 0.15) is 17.0 Å². The third-order valence-corrected chi connectivity index (χ3v) is 4.52. The molecule has 1 aliphatic heterocycles. The summed E-state index contributed by atoms with van der Waals surface area (Å²) >= 11 is 0. The molecule has 0 atom stereocenters. The quantitative estimate of drug-likeness (QED) is 0.852. The van der Waals surface area contributed by atoms with E-state index in [1.807, 2.05) is 38.1 Å². The fourth-order valence-corrected chi connectivity index (χ4v) is 3.14. The third kappa shape index (κ3) is 4.83. The van der Waals surface area contributed by atoms with E-state index >= 15 is 0 Å². The topological polar surface area (TPSA) is 70.8 Å². The van der Waals surface area contributed by atoms with Crippen LogP contribution in [0.4, 0.5) is 5.69 Å². The Kier molecular flexibility index (Phi) is 5.90. The van der Waals surface area contributed by atoms with Crippen molar-refractivity contribution in [2.45, 2.75) is 20.4 Å². The van der Waals surface area contributed by atoms with Crippen LogP contribution in [0.15, 0.2) is 28.8 Å². The minimum absolute atomic E-state index is 0.0190. The average Bonchev–Trinajstić information content (AvgIpc) is 3.02. The molecule has 1 amide bonds. The molecular weight excluding hydrogens is 332 g/mol. The molecule has 0 aliphatic carbocycles. The maximum atomic E-state index is 12.4. The standard InChI is InChI=1S/C19H26N4O3/c1-14-4-5-18(25-3)17(10-14)20-19(24)13-23-8-6-22(7-9-23)12-16-11-15(2)26-21-16/h4-5,10-11H,6-9,12-13H2,1-3H3,(H,20,24). The number of nitrogens with zero attached hydrogens (tertiary/aromatic N) is 3. The van der Waals surface area contributed by atoms with Crippen LogP contribution in [0.3, 0.4) is 0 Å². The highest BCUT2D eigenvalue weighted by Gasteiger charge is 2.20. The van der Waals surface area contributed by atoms with E-state index in [4.69, 9.17) is 9.26 Å². The van der Waals surface area contributed by atoms with Crippen molar-refractivity contribution in [3.63, 3.8) is 0 Å². The van der Waals surface area contributed by atoms with E-state index in [0.717, 1.165) is 55.4 Å². The highest BCUT2D eigenvalue weighted by molar-refractivity contribution is 5.93. The van der Waals surface area contributed by atoms with Gasteiger partial charge in [0.2, 0.25) is 5.91 Å². The second-order valence-corrected chi connectivity index (χ2v) is 6.73. The molecule has 1 saturated heterocycles. The van der Waals surface area contributed by atoms with E-state index in [2.05, 4.69) is 20.3 Å². The van der Waals surface area contributed by atoms with Crippen molar-refractivity contribution < 1.29 is 14.1 Å². The van der Waals surface area contributed by atoms with Crippen molar-refractivity contribution in [1.82, 2.24) is 15.0 Å². The number of methoxy groups -OCH3 is 1. The Bertz CT molecular complexity index is 751. The number of aryl methyl sites for hydroxylation is 2. The first-order chi connectivity index (χ1) is 12.5. The monoisotopic (exact) mass is 358 g/mol. The van der Waals surface area contributed by atoms with E-state index in [9.17, 15) is 4.79 Å². The zero-order valence-corrected chi connectivity index (χ0v) is 15.6. The number of nitrogens with one attached hydrogen (secondary N) is 1. The number of carbonyl (C=O) groups excluding carboxylic acids is 1. The van der Waals surface area contributed by atoms with E-state index in [0.29, 0.717) is 12.3 Å². The first-order valence-electron chi connectivity index (χ1n) is 8.85. The molecule has 0 spiro atoms. The summed E-state index contributed by atoms with van der Waals surface area (Å²) in [5.41, 5.74) is 2.76. The summed E-state index contributed by atoms with van der Waals surface area (Å²) in [6.07, 6.45) is 0. The predicted octanol–water partition coefficient (Wildman–Crippen LogP) is 2.06. The van der Waals surface area contributed by atoms with E-state index < -0.39 is 0 Å². The van der Waals surface area contributed by atoms with Gasteiger partial charge in [0.15, 0.2) is 0 Å². The van der Waals surface area contributed by atoms with Crippen LogP contribution in [0.25, 0.3) is 0 Å². The van der Waals surface area contributed by atoms with Gasteiger partial charge < -0.3 is 14.6 Å². The Balaban J connectivity index is 1.47. The summed E-state index contributed by atoms with van der Waals surface area (Å²) in [5, 5.41) is 7.00. The van der Waals surface area contributed by atoms with E-state index in [1.54, 1.807) is 7.11 Å². The Morgan fingerprint density at radius 3 is 2.58 bits per heavy atom. The molecule has 7 nitrogen and oxygen atoms in total. The van der Waals surface area contributed by atoms with Crippen LogP contribution in [0, 0.1) is 13.8 Å². The van der Waals surface area contributed by atoms with Gasteiger partial charge in [0.05, 0.1) is 25.0 Å². The minimum atomic E-state index is -0.0190. The van der Waals surface area contributed by atoms with Gasteiger partial charge in [0, 0.05) is 38.8 Å². The van der Waals surface area contributed by atoms with Crippen molar-refractivity contribution in [2.75, 3.05) is 45.2 Å². The van der Waals surface area contributed by atoms with Gasteiger partial charge in [-0.1, -0.05) is 11.2 Å². The molecule has 2 aromatic rings. The summed E-state index contributed by atoms with van der Waals surface area (Å²) in [6.45, 7) is 8.59. The maximum absolute atomic E-state index is 12.4. The summed E-state index contributed by atoms with van der Waals surface area (Å²) in [5.74, 6) is 1.49. The van der Waals surface area contributed by atoms with Gasteiger partial charge in [0.1, 0.15) is 11.5 Å². The molecule has 0 saturated carbocycles. The van der Waals surface area contributed by atoms with Crippen molar-refractivity contribution in [3.05, 3.63) is 41.3 Å². The molecule has 3 rings (SSSR count). The average molecular weight is 358 g/mol. The van der Waals surface area contributed by atoms with Gasteiger partial charge in [-0.05, 0) is 31.5 Å². The highest BCUT2D eigenvalue weighted by Crippen LogP contribution is 2.25. The maximum Gasteiger partial charge on any atom is 0.238 e. The molecule has 0 unspecified atom stereocenters. The number of piperazine rings is 1. The van der Waals surface area contributed by atoms with Crippen molar-refractivity contribution in [3.8, 4) is 5.75 Å². The molecule has 1 N–H and O–H groups in total. The van der Waals surface area contributed by atoms with Gasteiger partial charge in [-0.25, -0.2) is 0 Å². The van der Waals surface area contributed by atoms with Gasteiger partial charge >= 0.3 is 0 Å². The number of benzene rings is 1. The van der Waals surface area contributed by atoms with Gasteiger partial charge in [-0.3, -0.25) is 14.6 Å². The van der Waals surface area contributed by atoms with Crippen LogP contribution >= 0.6 is 0 Å². The van der Waals surface area contributed by atoms with Crippen LogP contribution in [-0.2, 0) is 11.3 Å². The Morgan fingerprint density at radius 1 is 1.19 bits per heavy atom. The third-order valence-electron chi connectivity index (χ3n) is 4.52. The number of aromatic nitrogens is 1. The largest absolute Gasteiger partial charge is 0.495 e. The molecule has 1 aromatic heterocycles. The molecule has 1 fully saturated rings. The normalized spacial score (nSPS) is 15.8. The molecule has 7 heteroatoms. The number of carbonyl (C=O) groups is 1. The predicted molar refractivity (Wildman–Crippen MR) is 99.3 cm³/mol. The first-order valence-corrected chi connectivity index (χ1v) is 8.85. The zero-order chi connectivity index (χ0) is 18.5. The van der Waals surface area contributed by atoms with Gasteiger partial charge in [-0.2, -0.15) is 0 Å². The molecular formula is C19H26N4O3. The van der Waals surface area contributed by atoms with Crippen molar-refractivity contribution in [1.29, 1.82) is 0 Å². The summed E-state index contributed by atoms with van der Waals surface area (Å²) in [4.78, 5) is 16.9. The zero-order valence-electron chi connectivity index (χ0n) is 15.6. The lowest BCUT2D eigenvalue weighted by Gasteiger charge is -2.33. The molecule has 26 heavy (non-hydrogen) atoms. The Morgan fingerprint density at radius 2 is 1.92 bits per heavy atom. The van der Waals surface area contributed by atoms with Crippen molar-refractivity contribution >= 4 is 11.6 Å². The lowest BCUT2D eigenvalue weighted by atomic mass is 10.2. The van der Waals surface area contributed by atoms with Crippen LogP contribution in [0.5, 0.6) is 5.75 Å². The minimum Gasteiger partial charge on any atom is -0.495 e. The molecule has 2 heterocycles. The smallest absolute Gasteiger partial charge is 0.238 e. The number of amides is 1. The number of hydrogen-bond donors (Lipinski definition) is 1. The van der Waals surface area contributed by atoms with Gasteiger partial charge in [-0.15, -0.1) is 0 Å². The summed E-state index contributed by atoms with van der Waals surface area (Å²) in [6, 6.07) is 7.73. The van der Waals surface area contributed by atoms with Crippen LogP contribution in [-0.4, -0.2) is 60.7 Å². The lowest BCUT2D eigenvalue weighted by Crippen LogP contribution is -2.48. The summed E-state index contributed by atoms with van der Waals surface area (Å²) in [7, 11) is 1.61. The van der Waals surface area contributed by atoms with Gasteiger partial charge in [0.25, 0.3) is 0 Å². The molecule has 0 bridgehead atoms. The van der Waals surface area contributed by atoms with E-state index in [-0.39, 0.29) is 5.91 Å². The number of ether oxygens (including phenoxy) is 1. The lowest BCUT2D eigenvalue weighted by molar-refractivity contribution is -0.117. The Labute approximate surface area is 153 Å². The Hall–Kier alpha value is -2.38. The molecule has 1 aromatic carbocycles. The van der Waals surface area contributed by atoms with Crippen LogP contribution < -0.4 is 10.1 Å². The summed E-state index contributed by atoms with van der Waals surface area (Å²) < 4.78 is 10.4.